The molecule has 0 heterocycles. The van der Waals surface area contributed by atoms with Crippen molar-refractivity contribution in [3.8, 4) is 0 Å². The molecule has 0 spiro atoms. The standard InChI is InChI=1S/C48H82S2/c1-3-5-7-9-11-13-15-17-19-21-23-25-27-29-31-33-35-45-37-41-47(42-38-45)49-50-48-43-39-46(40-44-48)36-34-32-30-28-26-24-22-20-18-16-14-12-10-8-6-4-2/h37-44H,3-36H2,1-2H3. The highest BCUT2D eigenvalue weighted by atomic mass is 33.1. The smallest absolute Gasteiger partial charge is 0.0186 e. The molecule has 0 fully saturated rings. The number of rotatable bonds is 37. The minimum Gasteiger partial charge on any atom is -0.0654 e. The Morgan fingerprint density at radius 1 is 0.260 bits per heavy atom. The first kappa shape index (κ1) is 45.3. The molecule has 0 N–H and O–H groups in total. The third-order valence-corrected chi connectivity index (χ3v) is 13.1. The summed E-state index contributed by atoms with van der Waals surface area (Å²) in [6.45, 7) is 4.61. The van der Waals surface area contributed by atoms with E-state index in [9.17, 15) is 0 Å². The lowest BCUT2D eigenvalue weighted by atomic mass is 10.0. The largest absolute Gasteiger partial charge is 0.0654 e. The second-order valence-corrected chi connectivity index (χ2v) is 17.8. The van der Waals surface area contributed by atoms with Crippen LogP contribution in [0.1, 0.15) is 230 Å². The lowest BCUT2D eigenvalue weighted by molar-refractivity contribution is 0.529. The zero-order chi connectivity index (χ0) is 35.4. The topological polar surface area (TPSA) is 0 Å². The van der Waals surface area contributed by atoms with Crippen molar-refractivity contribution in [3.63, 3.8) is 0 Å². The summed E-state index contributed by atoms with van der Waals surface area (Å²) in [5.41, 5.74) is 3.01. The number of hydrogen-bond donors (Lipinski definition) is 0. The van der Waals surface area contributed by atoms with E-state index in [0.29, 0.717) is 0 Å². The van der Waals surface area contributed by atoms with Crippen molar-refractivity contribution in [3.05, 3.63) is 59.7 Å². The van der Waals surface area contributed by atoms with Crippen molar-refractivity contribution < 1.29 is 0 Å². The number of benzene rings is 2. The Labute approximate surface area is 321 Å². The molecule has 50 heavy (non-hydrogen) atoms. The van der Waals surface area contributed by atoms with E-state index in [1.54, 1.807) is 0 Å². The van der Waals surface area contributed by atoms with Gasteiger partial charge in [0.05, 0.1) is 0 Å². The van der Waals surface area contributed by atoms with E-state index in [-0.39, 0.29) is 0 Å². The first-order valence-electron chi connectivity index (χ1n) is 22.3. The predicted molar refractivity (Wildman–Crippen MR) is 231 cm³/mol. The van der Waals surface area contributed by atoms with Crippen molar-refractivity contribution >= 4 is 21.6 Å². The molecule has 0 radical (unpaired) electrons. The van der Waals surface area contributed by atoms with Gasteiger partial charge in [-0.25, -0.2) is 0 Å². The molecule has 0 saturated carbocycles. The van der Waals surface area contributed by atoms with Gasteiger partial charge in [0.2, 0.25) is 0 Å². The van der Waals surface area contributed by atoms with Crippen molar-refractivity contribution in [2.75, 3.05) is 0 Å². The maximum atomic E-state index is 2.36. The molecule has 0 unspecified atom stereocenters. The molecule has 2 rings (SSSR count). The lowest BCUT2D eigenvalue weighted by Crippen LogP contribution is -1.87. The highest BCUT2D eigenvalue weighted by Crippen LogP contribution is 2.37. The summed E-state index contributed by atoms with van der Waals surface area (Å²) in [5.74, 6) is 0. The van der Waals surface area contributed by atoms with Crippen LogP contribution < -0.4 is 0 Å². The van der Waals surface area contributed by atoms with Crippen LogP contribution in [-0.4, -0.2) is 0 Å². The summed E-state index contributed by atoms with van der Waals surface area (Å²) in [6, 6.07) is 18.7. The van der Waals surface area contributed by atoms with Gasteiger partial charge in [-0.3, -0.25) is 0 Å². The molecule has 0 atom stereocenters. The molecule has 2 aromatic rings. The average Bonchev–Trinajstić information content (AvgIpc) is 3.14. The van der Waals surface area contributed by atoms with Gasteiger partial charge in [0.15, 0.2) is 0 Å². The molecule has 0 saturated heterocycles. The Morgan fingerprint density at radius 3 is 0.680 bits per heavy atom. The Kier molecular flexibility index (Phi) is 31.9. The molecular formula is C48H82S2. The monoisotopic (exact) mass is 723 g/mol. The lowest BCUT2D eigenvalue weighted by Gasteiger charge is -2.06. The van der Waals surface area contributed by atoms with Crippen molar-refractivity contribution in [2.45, 2.75) is 242 Å². The zero-order valence-corrected chi connectivity index (χ0v) is 35.1. The molecule has 2 aromatic carbocycles. The molecule has 0 aliphatic carbocycles. The second kappa shape index (κ2) is 35.2. The summed E-state index contributed by atoms with van der Waals surface area (Å²) < 4.78 is 0. The van der Waals surface area contributed by atoms with Gasteiger partial charge in [-0.2, -0.15) is 0 Å². The van der Waals surface area contributed by atoms with E-state index in [0.717, 1.165) is 0 Å². The zero-order valence-electron chi connectivity index (χ0n) is 33.5. The molecule has 0 aromatic heterocycles. The van der Waals surface area contributed by atoms with Crippen LogP contribution in [0.15, 0.2) is 58.3 Å². The summed E-state index contributed by atoms with van der Waals surface area (Å²) in [4.78, 5) is 2.73. The SMILES string of the molecule is CCCCCCCCCCCCCCCCCCc1ccc(SSc2ccc(CCCCCCCCCCCCCCCCCC)cc2)cc1. The first-order chi connectivity index (χ1) is 24.8. The van der Waals surface area contributed by atoms with Crippen LogP contribution in [-0.2, 0) is 12.8 Å². The summed E-state index contributed by atoms with van der Waals surface area (Å²) >= 11 is 0. The van der Waals surface area contributed by atoms with Crippen LogP contribution in [0.25, 0.3) is 0 Å². The normalized spacial score (nSPS) is 11.5. The fraction of sp³-hybridized carbons (Fsp3) is 0.750. The minimum atomic E-state index is 1.23. The molecule has 0 aliphatic rings. The highest BCUT2D eigenvalue weighted by molar-refractivity contribution is 8.76. The van der Waals surface area contributed by atoms with Crippen molar-refractivity contribution in [1.29, 1.82) is 0 Å². The Morgan fingerprint density at radius 2 is 0.460 bits per heavy atom. The highest BCUT2D eigenvalue weighted by Gasteiger charge is 2.02. The van der Waals surface area contributed by atoms with E-state index in [1.807, 2.05) is 21.6 Å². The summed E-state index contributed by atoms with van der Waals surface area (Å²) in [6.07, 6.45) is 48.5. The molecule has 0 amide bonds. The van der Waals surface area contributed by atoms with E-state index in [2.05, 4.69) is 62.4 Å². The molecule has 0 nitrogen and oxygen atoms in total. The van der Waals surface area contributed by atoms with Gasteiger partial charge >= 0.3 is 0 Å². The van der Waals surface area contributed by atoms with E-state index in [1.165, 1.54) is 239 Å². The maximum absolute atomic E-state index is 2.36. The fourth-order valence-corrected chi connectivity index (χ4v) is 9.20. The van der Waals surface area contributed by atoms with Crippen LogP contribution in [0.2, 0.25) is 0 Å². The van der Waals surface area contributed by atoms with Gasteiger partial charge in [-0.15, -0.1) is 0 Å². The molecular weight excluding hydrogens is 641 g/mol. The van der Waals surface area contributed by atoms with Crippen molar-refractivity contribution in [1.82, 2.24) is 0 Å². The Balaban J connectivity index is 1.37. The second-order valence-electron chi connectivity index (χ2n) is 15.6. The van der Waals surface area contributed by atoms with E-state index >= 15 is 0 Å². The summed E-state index contributed by atoms with van der Waals surface area (Å²) in [5, 5.41) is 0. The van der Waals surface area contributed by atoms with Crippen LogP contribution in [0.5, 0.6) is 0 Å². The fourth-order valence-electron chi connectivity index (χ4n) is 7.27. The van der Waals surface area contributed by atoms with Gasteiger partial charge in [-0.05, 0) is 61.1 Å². The Bertz CT molecular complexity index is 870. The predicted octanol–water partition coefficient (Wildman–Crippen LogP) is 18.1. The maximum Gasteiger partial charge on any atom is 0.0186 e. The van der Waals surface area contributed by atoms with Crippen LogP contribution in [0.4, 0.5) is 0 Å². The van der Waals surface area contributed by atoms with Gasteiger partial charge in [0, 0.05) is 9.79 Å². The summed E-state index contributed by atoms with van der Waals surface area (Å²) in [7, 11) is 3.79. The molecule has 0 aliphatic heterocycles. The third-order valence-electron chi connectivity index (χ3n) is 10.7. The van der Waals surface area contributed by atoms with E-state index in [4.69, 9.17) is 0 Å². The Hall–Kier alpha value is -0.860. The number of unbranched alkanes of at least 4 members (excludes halogenated alkanes) is 30. The molecule has 286 valence electrons. The van der Waals surface area contributed by atoms with Gasteiger partial charge < -0.3 is 0 Å². The first-order valence-corrected chi connectivity index (χ1v) is 24.5. The van der Waals surface area contributed by atoms with Crippen molar-refractivity contribution in [2.24, 2.45) is 0 Å². The van der Waals surface area contributed by atoms with Crippen LogP contribution >= 0.6 is 21.6 Å². The molecule has 2 heteroatoms. The average molecular weight is 723 g/mol. The van der Waals surface area contributed by atoms with Crippen LogP contribution in [0.3, 0.4) is 0 Å². The van der Waals surface area contributed by atoms with E-state index < -0.39 is 0 Å². The van der Waals surface area contributed by atoms with Crippen LogP contribution in [0, 0.1) is 0 Å². The number of hydrogen-bond acceptors (Lipinski definition) is 2. The molecule has 0 bridgehead atoms. The van der Waals surface area contributed by atoms with Gasteiger partial charge in [-0.1, -0.05) is 252 Å². The minimum absolute atomic E-state index is 1.23. The van der Waals surface area contributed by atoms with Gasteiger partial charge in [0.25, 0.3) is 0 Å². The quantitative estimate of drug-likeness (QED) is 0.0503. The van der Waals surface area contributed by atoms with Gasteiger partial charge in [0.1, 0.15) is 0 Å². The third kappa shape index (κ3) is 27.7. The number of aryl methyl sites for hydroxylation is 2.